The van der Waals surface area contributed by atoms with Gasteiger partial charge in [0.2, 0.25) is 0 Å². The number of nitrogens with two attached hydrogens (primary N) is 2. The molecule has 0 bridgehead atoms. The second kappa shape index (κ2) is 2.14. The van der Waals surface area contributed by atoms with Crippen LogP contribution in [-0.4, -0.2) is 17.2 Å². The van der Waals surface area contributed by atoms with Crippen LogP contribution in [0.2, 0.25) is 0 Å². The Morgan fingerprint density at radius 1 is 1.10 bits per heavy atom. The maximum atomic E-state index is 10.7. The fraction of sp³-hybridized carbons (Fsp3) is 0.667. The molecule has 1 fully saturated rings. The normalized spacial score (nSPS) is 25.0. The van der Waals surface area contributed by atoms with Gasteiger partial charge in [0.1, 0.15) is 11.6 Å². The molecule has 0 aliphatic heterocycles. The quantitative estimate of drug-likeness (QED) is 0.333. The summed E-state index contributed by atoms with van der Waals surface area (Å²) >= 11 is 0. The summed E-state index contributed by atoms with van der Waals surface area (Å²) in [5, 5.41) is 0. The van der Waals surface area contributed by atoms with Gasteiger partial charge >= 0.3 is 0 Å². The molecule has 0 aromatic heterocycles. The summed E-state index contributed by atoms with van der Waals surface area (Å²) in [6.45, 7) is 0. The zero-order valence-electron chi connectivity index (χ0n) is 5.59. The fourth-order valence-electron chi connectivity index (χ4n) is 1.14. The van der Waals surface area contributed by atoms with Crippen molar-refractivity contribution in [2.45, 2.75) is 24.9 Å². The number of carbonyl (C=O) groups excluding carboxylic acids is 2. The van der Waals surface area contributed by atoms with Crippen LogP contribution in [0.25, 0.3) is 0 Å². The van der Waals surface area contributed by atoms with Gasteiger partial charge in [-0.1, -0.05) is 0 Å². The van der Waals surface area contributed by atoms with Crippen LogP contribution < -0.4 is 11.5 Å². The van der Waals surface area contributed by atoms with Crippen LogP contribution in [0.1, 0.15) is 19.3 Å². The molecule has 0 aromatic carbocycles. The van der Waals surface area contributed by atoms with Crippen molar-refractivity contribution >= 4 is 11.6 Å². The van der Waals surface area contributed by atoms with Gasteiger partial charge in [-0.25, -0.2) is 0 Å². The molecule has 0 radical (unpaired) electrons. The second-order valence-corrected chi connectivity index (χ2v) is 2.84. The Bertz CT molecular complexity index is 168. The molecule has 1 aliphatic rings. The summed E-state index contributed by atoms with van der Waals surface area (Å²) in [4.78, 5) is 21.4. The van der Waals surface area contributed by atoms with Gasteiger partial charge in [-0.2, -0.15) is 0 Å². The minimum atomic E-state index is -1.08. The van der Waals surface area contributed by atoms with Crippen molar-refractivity contribution in [3.8, 4) is 0 Å². The van der Waals surface area contributed by atoms with Crippen LogP contribution in [0.5, 0.6) is 0 Å². The standard InChI is InChI=1S/C6H10N2O2/c7-6(8)2-4(9)1-5(10)3-6/h1-3,7-8H2. The van der Waals surface area contributed by atoms with E-state index in [9.17, 15) is 9.59 Å². The highest BCUT2D eigenvalue weighted by atomic mass is 16.1. The lowest BCUT2D eigenvalue weighted by Crippen LogP contribution is -2.55. The molecule has 4 heteroatoms. The zero-order chi connectivity index (χ0) is 7.78. The average molecular weight is 142 g/mol. The minimum absolute atomic E-state index is 0.0101. The van der Waals surface area contributed by atoms with E-state index in [-0.39, 0.29) is 30.8 Å². The molecule has 4 nitrogen and oxygen atoms in total. The van der Waals surface area contributed by atoms with Gasteiger partial charge in [0.15, 0.2) is 0 Å². The molecular weight excluding hydrogens is 132 g/mol. The Kier molecular flexibility index (Phi) is 1.58. The first-order valence-electron chi connectivity index (χ1n) is 3.11. The van der Waals surface area contributed by atoms with E-state index in [4.69, 9.17) is 11.5 Å². The summed E-state index contributed by atoms with van der Waals surface area (Å²) < 4.78 is 0. The lowest BCUT2D eigenvalue weighted by Gasteiger charge is -2.26. The molecule has 0 amide bonds. The highest BCUT2D eigenvalue weighted by molar-refractivity contribution is 6.02. The lowest BCUT2D eigenvalue weighted by atomic mass is 9.89. The smallest absolute Gasteiger partial charge is 0.143 e. The second-order valence-electron chi connectivity index (χ2n) is 2.84. The van der Waals surface area contributed by atoms with Gasteiger partial charge < -0.3 is 11.5 Å². The van der Waals surface area contributed by atoms with Crippen LogP contribution in [0.3, 0.4) is 0 Å². The van der Waals surface area contributed by atoms with Crippen LogP contribution >= 0.6 is 0 Å². The molecule has 4 N–H and O–H groups in total. The molecule has 1 rings (SSSR count). The fourth-order valence-corrected chi connectivity index (χ4v) is 1.14. The van der Waals surface area contributed by atoms with E-state index in [1.807, 2.05) is 0 Å². The first-order valence-corrected chi connectivity index (χ1v) is 3.11. The number of carbonyl (C=O) groups is 2. The Balaban J connectivity index is 2.68. The first-order chi connectivity index (χ1) is 4.49. The number of hydrogen-bond donors (Lipinski definition) is 2. The van der Waals surface area contributed by atoms with E-state index >= 15 is 0 Å². The molecular formula is C6H10N2O2. The number of ketones is 2. The average Bonchev–Trinajstić information content (AvgIpc) is 1.54. The van der Waals surface area contributed by atoms with Crippen molar-refractivity contribution in [2.24, 2.45) is 11.5 Å². The minimum Gasteiger partial charge on any atom is -0.313 e. The van der Waals surface area contributed by atoms with E-state index in [0.29, 0.717) is 0 Å². The largest absolute Gasteiger partial charge is 0.313 e. The Hall–Kier alpha value is -0.740. The van der Waals surface area contributed by atoms with Crippen LogP contribution in [0.15, 0.2) is 0 Å². The van der Waals surface area contributed by atoms with E-state index in [1.165, 1.54) is 0 Å². The summed E-state index contributed by atoms with van der Waals surface area (Å²) in [5.74, 6) is -0.303. The predicted molar refractivity (Wildman–Crippen MR) is 35.0 cm³/mol. The summed E-state index contributed by atoms with van der Waals surface area (Å²) in [6, 6.07) is 0. The molecule has 0 aromatic rings. The van der Waals surface area contributed by atoms with E-state index < -0.39 is 5.66 Å². The maximum absolute atomic E-state index is 10.7. The van der Waals surface area contributed by atoms with Gasteiger partial charge in [-0.3, -0.25) is 9.59 Å². The highest BCUT2D eigenvalue weighted by Gasteiger charge is 2.32. The van der Waals surface area contributed by atoms with E-state index in [0.717, 1.165) is 0 Å². The van der Waals surface area contributed by atoms with E-state index in [1.54, 1.807) is 0 Å². The third kappa shape index (κ3) is 1.62. The van der Waals surface area contributed by atoms with Crippen molar-refractivity contribution in [1.82, 2.24) is 0 Å². The van der Waals surface area contributed by atoms with Crippen molar-refractivity contribution in [2.75, 3.05) is 0 Å². The highest BCUT2D eigenvalue weighted by Crippen LogP contribution is 2.15. The Morgan fingerprint density at radius 3 is 1.80 bits per heavy atom. The Morgan fingerprint density at radius 2 is 1.50 bits per heavy atom. The molecule has 10 heavy (non-hydrogen) atoms. The van der Waals surface area contributed by atoms with Crippen LogP contribution in [0, 0.1) is 0 Å². The topological polar surface area (TPSA) is 86.2 Å². The van der Waals surface area contributed by atoms with Crippen LogP contribution in [0.4, 0.5) is 0 Å². The monoisotopic (exact) mass is 142 g/mol. The number of hydrogen-bond acceptors (Lipinski definition) is 4. The van der Waals surface area contributed by atoms with Crippen molar-refractivity contribution in [1.29, 1.82) is 0 Å². The van der Waals surface area contributed by atoms with Gasteiger partial charge in [-0.05, 0) is 0 Å². The van der Waals surface area contributed by atoms with Crippen molar-refractivity contribution in [3.63, 3.8) is 0 Å². The van der Waals surface area contributed by atoms with Gasteiger partial charge in [0.25, 0.3) is 0 Å². The third-order valence-corrected chi connectivity index (χ3v) is 1.45. The van der Waals surface area contributed by atoms with Crippen LogP contribution in [-0.2, 0) is 9.59 Å². The number of Topliss-reactive ketones (excluding diaryl/α,β-unsaturated/α-hetero) is 2. The van der Waals surface area contributed by atoms with Gasteiger partial charge in [0.05, 0.1) is 12.1 Å². The van der Waals surface area contributed by atoms with Crippen molar-refractivity contribution in [3.05, 3.63) is 0 Å². The Labute approximate surface area is 58.6 Å². The van der Waals surface area contributed by atoms with Gasteiger partial charge in [0, 0.05) is 12.8 Å². The molecule has 0 heterocycles. The van der Waals surface area contributed by atoms with Crippen molar-refractivity contribution < 1.29 is 9.59 Å². The molecule has 0 unspecified atom stereocenters. The SMILES string of the molecule is NC1(N)CC(=O)CC(=O)C1. The molecule has 1 aliphatic carbocycles. The molecule has 56 valence electrons. The third-order valence-electron chi connectivity index (χ3n) is 1.45. The van der Waals surface area contributed by atoms with Gasteiger partial charge in [-0.15, -0.1) is 0 Å². The molecule has 0 atom stereocenters. The molecule has 0 spiro atoms. The summed E-state index contributed by atoms with van der Waals surface area (Å²) in [6.07, 6.45) is 0.258. The summed E-state index contributed by atoms with van der Waals surface area (Å²) in [7, 11) is 0. The van der Waals surface area contributed by atoms with E-state index in [2.05, 4.69) is 0 Å². The summed E-state index contributed by atoms with van der Waals surface area (Å²) in [5.41, 5.74) is 9.71. The first kappa shape index (κ1) is 7.37. The molecule has 0 saturated heterocycles. The zero-order valence-corrected chi connectivity index (χ0v) is 5.59. The predicted octanol–water partition coefficient (Wildman–Crippen LogP) is -1.08. The maximum Gasteiger partial charge on any atom is 0.143 e. The molecule has 1 saturated carbocycles. The lowest BCUT2D eigenvalue weighted by molar-refractivity contribution is -0.131. The number of rotatable bonds is 0.